The summed E-state index contributed by atoms with van der Waals surface area (Å²) in [7, 11) is 0. The number of anilines is 2. The van der Waals surface area contributed by atoms with E-state index in [9.17, 15) is 37.5 Å². The predicted molar refractivity (Wildman–Crippen MR) is 333 cm³/mol. The summed E-state index contributed by atoms with van der Waals surface area (Å²) >= 11 is 0. The minimum Gasteiger partial charge on any atom is -0.340 e. The maximum atomic E-state index is 14.4. The molecular weight excluding hydrogens is 1110 g/mol. The third-order valence-electron chi connectivity index (χ3n) is 19.0. The summed E-state index contributed by atoms with van der Waals surface area (Å²) in [4.78, 5) is 106. The lowest BCUT2D eigenvalue weighted by molar-refractivity contribution is -0.134. The van der Waals surface area contributed by atoms with Crippen LogP contribution in [0, 0.1) is 11.6 Å². The Morgan fingerprint density at radius 1 is 0.517 bits per heavy atom. The molecule has 5 aromatic rings. The molecule has 20 heteroatoms. The van der Waals surface area contributed by atoms with Crippen LogP contribution >= 0.6 is 0 Å². The molecule has 0 spiro atoms. The largest absolute Gasteiger partial charge is 0.340 e. The van der Waals surface area contributed by atoms with E-state index in [1.807, 2.05) is 83.7 Å². The lowest BCUT2D eigenvalue weighted by atomic mass is 9.91. The highest BCUT2D eigenvalue weighted by atomic mass is 19.1. The van der Waals surface area contributed by atoms with Gasteiger partial charge >= 0.3 is 0 Å². The second-order valence-electron chi connectivity index (χ2n) is 26.9. The number of rotatable bonds is 16. The van der Waals surface area contributed by atoms with E-state index in [4.69, 9.17) is 0 Å². The number of hydrogen-bond donors (Lipinski definition) is 4. The zero-order valence-electron chi connectivity index (χ0n) is 51.6. The second kappa shape index (κ2) is 25.6. The number of carbonyl (C=O) groups is 4. The van der Waals surface area contributed by atoms with Crippen molar-refractivity contribution in [3.05, 3.63) is 162 Å². The van der Waals surface area contributed by atoms with Crippen molar-refractivity contribution in [2.75, 3.05) is 121 Å². The van der Waals surface area contributed by atoms with Gasteiger partial charge in [0.1, 0.15) is 11.6 Å². The smallest absolute Gasteiger partial charge is 0.251 e. The molecule has 6 aliphatic heterocycles. The van der Waals surface area contributed by atoms with Gasteiger partial charge in [0.2, 0.25) is 23.6 Å². The number of halogens is 2. The number of amides is 4. The third kappa shape index (κ3) is 14.2. The summed E-state index contributed by atoms with van der Waals surface area (Å²) in [5.41, 5.74) is 6.05. The fraction of sp³-hybridized carbons (Fsp3) is 0.522. The van der Waals surface area contributed by atoms with E-state index in [1.54, 1.807) is 24.3 Å². The van der Waals surface area contributed by atoms with Crippen molar-refractivity contribution in [2.24, 2.45) is 0 Å². The quantitative estimate of drug-likeness (QED) is 0.110. The lowest BCUT2D eigenvalue weighted by Gasteiger charge is -2.45. The van der Waals surface area contributed by atoms with E-state index >= 15 is 0 Å². The second-order valence-corrected chi connectivity index (χ2v) is 26.9. The van der Waals surface area contributed by atoms with Crippen LogP contribution in [-0.4, -0.2) is 204 Å². The highest BCUT2D eigenvalue weighted by molar-refractivity contribution is 5.98. The molecule has 4 fully saturated rings. The van der Waals surface area contributed by atoms with Gasteiger partial charge in [-0.1, -0.05) is 76.2 Å². The number of aromatic amines is 2. The number of piperazine rings is 4. The van der Waals surface area contributed by atoms with Crippen LogP contribution < -0.4 is 31.6 Å². The highest BCUT2D eigenvalue weighted by Gasteiger charge is 2.43. The van der Waals surface area contributed by atoms with Crippen LogP contribution in [0.4, 0.5) is 20.2 Å². The normalized spacial score (nSPS) is 23.4. The van der Waals surface area contributed by atoms with Gasteiger partial charge in [-0.3, -0.25) is 48.4 Å². The Morgan fingerprint density at radius 2 is 0.966 bits per heavy atom. The van der Waals surface area contributed by atoms with Crippen molar-refractivity contribution in [3.8, 4) is 0 Å². The Bertz CT molecular complexity index is 3470. The van der Waals surface area contributed by atoms with Gasteiger partial charge in [-0.25, -0.2) is 8.78 Å². The van der Waals surface area contributed by atoms with E-state index in [-0.39, 0.29) is 103 Å². The Kier molecular flexibility index (Phi) is 18.2. The van der Waals surface area contributed by atoms with Crippen LogP contribution in [0.1, 0.15) is 93.2 Å². The Balaban J connectivity index is 0.640. The lowest BCUT2D eigenvalue weighted by Crippen LogP contribution is -2.63. The van der Waals surface area contributed by atoms with Crippen molar-refractivity contribution in [2.45, 2.75) is 115 Å². The van der Waals surface area contributed by atoms with Gasteiger partial charge in [-0.05, 0) is 79.4 Å². The van der Waals surface area contributed by atoms with Gasteiger partial charge < -0.3 is 40.2 Å². The predicted octanol–water partition coefficient (Wildman–Crippen LogP) is 4.26. The van der Waals surface area contributed by atoms with Gasteiger partial charge in [0, 0.05) is 175 Å². The number of H-pyrrole nitrogens is 2. The average molecular weight is 1190 g/mol. The molecular formula is C67H86F2N12O6. The molecule has 11 rings (SSSR count). The molecule has 87 heavy (non-hydrogen) atoms. The monoisotopic (exact) mass is 1190 g/mol. The number of nitrogens with one attached hydrogen (secondary N) is 4. The topological polar surface area (TPSA) is 184 Å². The highest BCUT2D eigenvalue weighted by Crippen LogP contribution is 2.41. The van der Waals surface area contributed by atoms with E-state index in [0.717, 1.165) is 71.2 Å². The molecule has 6 aliphatic rings. The van der Waals surface area contributed by atoms with Gasteiger partial charge in [0.05, 0.1) is 37.3 Å². The standard InChI is InChI=1S/C67H86F2N12O6/c1-43-34-78(39-60(84)80-41-66(4,5)62-56(80)30-50(64(86)72-62)26-46-11-15-52(68)16-12-46)54(32-70-43)37-74-19-21-75(22-20-74)58(82)28-48-9-8-10-49(25-48)29-59(83)77-24-23-76(45(3)36-77)38-55-33-71-44(2)35-79(55)40-61(85)81-42-67(6,7)63-57(81)31-51(65(87)73-63)27-47-13-17-53(69)18-14-47/h8-18,25,30-31,43-45,54-55,70-71H,19-24,26-29,32-42H2,1-7H3,(H,72,86)(H,73,87)/t43-,44-,45-,54-,55?/m1/s1. The number of aromatic nitrogens is 2. The fourth-order valence-electron chi connectivity index (χ4n) is 14.0. The summed E-state index contributed by atoms with van der Waals surface area (Å²) in [6.07, 6.45) is 1.13. The number of pyridine rings is 2. The summed E-state index contributed by atoms with van der Waals surface area (Å²) in [5, 5.41) is 7.26. The maximum absolute atomic E-state index is 14.4. The molecule has 0 radical (unpaired) electrons. The van der Waals surface area contributed by atoms with E-state index in [2.05, 4.69) is 61.0 Å². The first-order valence-corrected chi connectivity index (χ1v) is 31.2. The first kappa shape index (κ1) is 61.7. The molecule has 8 heterocycles. The van der Waals surface area contributed by atoms with Crippen molar-refractivity contribution >= 4 is 35.0 Å². The summed E-state index contributed by atoms with van der Waals surface area (Å²) in [6, 6.07) is 24.4. The Morgan fingerprint density at radius 3 is 1.44 bits per heavy atom. The van der Waals surface area contributed by atoms with Crippen LogP contribution in [0.2, 0.25) is 0 Å². The first-order chi connectivity index (χ1) is 41.5. The van der Waals surface area contributed by atoms with Crippen molar-refractivity contribution in [3.63, 3.8) is 0 Å². The van der Waals surface area contributed by atoms with Crippen LogP contribution in [-0.2, 0) is 55.7 Å². The van der Waals surface area contributed by atoms with Crippen LogP contribution in [0.3, 0.4) is 0 Å². The molecule has 4 amide bonds. The van der Waals surface area contributed by atoms with Crippen LogP contribution in [0.5, 0.6) is 0 Å². The molecule has 3 aromatic carbocycles. The minimum absolute atomic E-state index is 0.0224. The molecule has 4 saturated heterocycles. The molecule has 1 unspecified atom stereocenters. The molecule has 0 aliphatic carbocycles. The molecule has 5 atom stereocenters. The SMILES string of the molecule is C[C@@H]1CN(CC(=O)N2CC(C)(C)c3[nH]c(=O)c(Cc4ccc(F)cc4)cc32)C(CN2CCN(C(=O)Cc3cccc(CC(=O)N4CCN(C[C@H]5CN[C@H](C)CN5CC(=O)N5CC(C)(C)c6[nH]c(=O)c(Cc7ccc(F)cc7)cc65)CC4)c3)C[C@H]2C)CN1. The Hall–Kier alpha value is -6.94. The summed E-state index contributed by atoms with van der Waals surface area (Å²) < 4.78 is 27.3. The molecule has 2 aromatic heterocycles. The molecule has 0 bridgehead atoms. The van der Waals surface area contributed by atoms with Crippen LogP contribution in [0.15, 0.2) is 94.5 Å². The van der Waals surface area contributed by atoms with Crippen molar-refractivity contribution < 1.29 is 28.0 Å². The number of hydrogen-bond acceptors (Lipinski definition) is 12. The number of carbonyl (C=O) groups excluding carboxylic acids is 4. The average Bonchev–Trinajstić information content (AvgIpc) is 3.32. The summed E-state index contributed by atoms with van der Waals surface area (Å²) in [6.45, 7) is 24.8. The summed E-state index contributed by atoms with van der Waals surface area (Å²) in [5.74, 6) is -0.610. The molecule has 0 saturated carbocycles. The van der Waals surface area contributed by atoms with Gasteiger partial charge in [0.25, 0.3) is 11.1 Å². The maximum Gasteiger partial charge on any atom is 0.251 e. The number of nitrogens with zero attached hydrogens (tertiary/aromatic N) is 8. The van der Waals surface area contributed by atoms with Gasteiger partial charge in [-0.15, -0.1) is 0 Å². The van der Waals surface area contributed by atoms with E-state index in [1.165, 1.54) is 24.3 Å². The van der Waals surface area contributed by atoms with E-state index < -0.39 is 10.8 Å². The molecule has 4 N–H and O–H groups in total. The fourth-order valence-corrected chi connectivity index (χ4v) is 14.0. The minimum atomic E-state index is -0.454. The number of benzene rings is 3. The van der Waals surface area contributed by atoms with E-state index in [0.29, 0.717) is 96.0 Å². The Labute approximate surface area is 509 Å². The zero-order valence-corrected chi connectivity index (χ0v) is 51.6. The van der Waals surface area contributed by atoms with Crippen molar-refractivity contribution in [1.82, 2.24) is 50.0 Å². The zero-order chi connectivity index (χ0) is 61.5. The van der Waals surface area contributed by atoms with Gasteiger partial charge in [-0.2, -0.15) is 0 Å². The number of fused-ring (bicyclic) bond motifs is 2. The molecule has 18 nitrogen and oxygen atoms in total. The van der Waals surface area contributed by atoms with Gasteiger partial charge in [0.15, 0.2) is 0 Å². The molecule has 464 valence electrons. The van der Waals surface area contributed by atoms with Crippen LogP contribution in [0.25, 0.3) is 0 Å². The van der Waals surface area contributed by atoms with Crippen molar-refractivity contribution in [1.29, 1.82) is 0 Å². The third-order valence-corrected chi connectivity index (χ3v) is 19.0. The first-order valence-electron chi connectivity index (χ1n) is 31.2.